The van der Waals surface area contributed by atoms with E-state index in [9.17, 15) is 14.4 Å². The molecule has 6 heterocycles. The number of hydrogen-bond donors (Lipinski definition) is 1. The number of rotatable bonds is 7. The molecule has 14 heteroatoms. The number of halogens is 2. The van der Waals surface area contributed by atoms with Gasteiger partial charge < -0.3 is 9.80 Å². The fourth-order valence-corrected chi connectivity index (χ4v) is 9.02. The van der Waals surface area contributed by atoms with Crippen LogP contribution in [0.4, 0.5) is 4.39 Å². The fraction of sp³-hybridized carbons (Fsp3) is 0.405. The average Bonchev–Trinajstić information content (AvgIpc) is 3.72. The van der Waals surface area contributed by atoms with Gasteiger partial charge in [0.1, 0.15) is 28.7 Å². The van der Waals surface area contributed by atoms with Crippen molar-refractivity contribution in [1.29, 1.82) is 0 Å². The number of fused-ring (bicyclic) bond motifs is 4. The van der Waals surface area contributed by atoms with Gasteiger partial charge in [-0.1, -0.05) is 29.8 Å². The van der Waals surface area contributed by atoms with Crippen LogP contribution in [0.25, 0.3) is 5.00 Å². The normalized spacial score (nSPS) is 20.9. The largest absolute Gasteiger partial charge is 0.322 e. The van der Waals surface area contributed by atoms with Crippen LogP contribution in [-0.4, -0.2) is 91.7 Å². The second kappa shape index (κ2) is 13.4. The molecular formula is C37H38ClFN8O3S. The molecule has 1 N–H and O–H groups in total. The van der Waals surface area contributed by atoms with E-state index in [0.717, 1.165) is 72.6 Å². The van der Waals surface area contributed by atoms with E-state index in [2.05, 4.69) is 43.7 Å². The van der Waals surface area contributed by atoms with Gasteiger partial charge in [-0.15, -0.1) is 21.5 Å². The number of hydrogen-bond acceptors (Lipinski definition) is 9. The Hall–Kier alpha value is -4.30. The van der Waals surface area contributed by atoms with E-state index < -0.39 is 11.9 Å². The van der Waals surface area contributed by atoms with Crippen molar-refractivity contribution in [2.45, 2.75) is 65.2 Å². The van der Waals surface area contributed by atoms with Gasteiger partial charge >= 0.3 is 0 Å². The van der Waals surface area contributed by atoms with Gasteiger partial charge in [-0.2, -0.15) is 0 Å². The number of thiophene rings is 1. The van der Waals surface area contributed by atoms with Crippen LogP contribution in [0.5, 0.6) is 0 Å². The monoisotopic (exact) mass is 728 g/mol. The van der Waals surface area contributed by atoms with Crippen LogP contribution >= 0.6 is 22.9 Å². The number of benzene rings is 2. The van der Waals surface area contributed by atoms with Crippen molar-refractivity contribution in [3.63, 3.8) is 0 Å². The van der Waals surface area contributed by atoms with E-state index in [1.807, 2.05) is 31.2 Å². The molecule has 264 valence electrons. The maximum Gasteiger partial charge on any atom is 0.255 e. The Morgan fingerprint density at radius 2 is 1.73 bits per heavy atom. The predicted molar refractivity (Wildman–Crippen MR) is 192 cm³/mol. The number of carbonyl (C=O) groups excluding carboxylic acids is 3. The SMILES string of the molecule is Cc1sc2c(c1C)C(c1ccc(Cl)cc1)=N[C@@H](CCN1CCN(Cc3ccc4c(c3F)CN(C3CCC(=O)NC3=O)C4=O)CC1)c1nnc(C)n1-2. The summed E-state index contributed by atoms with van der Waals surface area (Å²) in [5.74, 6) is 0.0737. The molecule has 2 fully saturated rings. The zero-order valence-corrected chi connectivity index (χ0v) is 30.3. The molecule has 2 aromatic carbocycles. The number of carbonyl (C=O) groups is 3. The molecule has 51 heavy (non-hydrogen) atoms. The number of piperidine rings is 1. The summed E-state index contributed by atoms with van der Waals surface area (Å²) in [6.07, 6.45) is 1.17. The summed E-state index contributed by atoms with van der Waals surface area (Å²) in [7, 11) is 0. The maximum absolute atomic E-state index is 15.9. The van der Waals surface area contributed by atoms with Gasteiger partial charge in [0.2, 0.25) is 11.8 Å². The predicted octanol–water partition coefficient (Wildman–Crippen LogP) is 4.91. The van der Waals surface area contributed by atoms with Gasteiger partial charge in [0.05, 0.1) is 12.3 Å². The summed E-state index contributed by atoms with van der Waals surface area (Å²) in [5, 5.41) is 13.2. The molecule has 0 aliphatic carbocycles. The van der Waals surface area contributed by atoms with Crippen LogP contribution in [0, 0.1) is 26.6 Å². The highest BCUT2D eigenvalue weighted by Gasteiger charge is 2.41. The van der Waals surface area contributed by atoms with Crippen molar-refractivity contribution in [2.24, 2.45) is 4.99 Å². The van der Waals surface area contributed by atoms with Crippen molar-refractivity contribution < 1.29 is 18.8 Å². The Kier molecular flexibility index (Phi) is 8.85. The lowest BCUT2D eigenvalue weighted by atomic mass is 9.99. The van der Waals surface area contributed by atoms with Crippen LogP contribution in [0.1, 0.15) is 80.0 Å². The van der Waals surface area contributed by atoms with E-state index in [0.29, 0.717) is 22.7 Å². The second-order valence-corrected chi connectivity index (χ2v) is 15.4. The lowest BCUT2D eigenvalue weighted by molar-refractivity contribution is -0.136. The standard InChI is InChI=1S/C37H38ClFN8O3S/c1-20-21(2)51-37-31(20)33(23-4-7-25(38)8-5-23)40-28(34-43-42-22(3)47(34)37)12-13-44-14-16-45(17-15-44)18-24-6-9-26-27(32(24)39)19-46(36(26)50)29-10-11-30(48)41-35(29)49/h4-9,28-29H,10-19H2,1-3H3,(H,41,48,49)/t28-,29?/m0/s1. The summed E-state index contributed by atoms with van der Waals surface area (Å²) in [6, 6.07) is 10.3. The van der Waals surface area contributed by atoms with Gasteiger partial charge in [0.25, 0.3) is 5.91 Å². The Bertz CT molecular complexity index is 2100. The minimum absolute atomic E-state index is 0.0250. The molecule has 0 saturated carbocycles. The Morgan fingerprint density at radius 1 is 0.980 bits per heavy atom. The second-order valence-electron chi connectivity index (χ2n) is 13.8. The van der Waals surface area contributed by atoms with Crippen LogP contribution in [0.15, 0.2) is 41.4 Å². The highest BCUT2D eigenvalue weighted by molar-refractivity contribution is 7.15. The number of nitrogens with zero attached hydrogens (tertiary/aromatic N) is 7. The molecule has 4 aliphatic heterocycles. The molecule has 2 saturated heterocycles. The van der Waals surface area contributed by atoms with Gasteiger partial charge in [0, 0.05) is 83.4 Å². The Balaban J connectivity index is 0.945. The van der Waals surface area contributed by atoms with E-state index in [1.54, 1.807) is 23.5 Å². The van der Waals surface area contributed by atoms with Crippen LogP contribution in [0.3, 0.4) is 0 Å². The van der Waals surface area contributed by atoms with Gasteiger partial charge in [-0.05, 0) is 57.4 Å². The van der Waals surface area contributed by atoms with Crippen LogP contribution < -0.4 is 5.32 Å². The lowest BCUT2D eigenvalue weighted by Crippen LogP contribution is -2.52. The number of amides is 3. The molecular weight excluding hydrogens is 691 g/mol. The van der Waals surface area contributed by atoms with Gasteiger partial charge in [-0.25, -0.2) is 4.39 Å². The summed E-state index contributed by atoms with van der Waals surface area (Å²) in [4.78, 5) is 49.8. The van der Waals surface area contributed by atoms with E-state index in [-0.39, 0.29) is 48.6 Å². The molecule has 11 nitrogen and oxygen atoms in total. The third-order valence-corrected chi connectivity index (χ3v) is 12.1. The Labute approximate surface area is 304 Å². The van der Waals surface area contributed by atoms with Crippen molar-refractivity contribution in [1.82, 2.24) is 34.8 Å². The molecule has 0 spiro atoms. The third kappa shape index (κ3) is 6.09. The van der Waals surface area contributed by atoms with Crippen molar-refractivity contribution in [2.75, 3.05) is 32.7 Å². The molecule has 2 atom stereocenters. The number of imide groups is 1. The van der Waals surface area contributed by atoms with E-state index >= 15 is 4.39 Å². The summed E-state index contributed by atoms with van der Waals surface area (Å²) < 4.78 is 18.0. The molecule has 4 aliphatic rings. The molecule has 0 radical (unpaired) electrons. The molecule has 3 amide bonds. The zero-order valence-electron chi connectivity index (χ0n) is 28.7. The number of aryl methyl sites for hydroxylation is 2. The molecule has 8 rings (SSSR count). The Morgan fingerprint density at radius 3 is 2.47 bits per heavy atom. The fourth-order valence-electron chi connectivity index (χ4n) is 7.68. The highest BCUT2D eigenvalue weighted by Crippen LogP contribution is 2.40. The molecule has 0 bridgehead atoms. The minimum atomic E-state index is -0.771. The highest BCUT2D eigenvalue weighted by atomic mass is 35.5. The van der Waals surface area contributed by atoms with Crippen molar-refractivity contribution in [3.8, 4) is 5.00 Å². The first-order valence-corrected chi connectivity index (χ1v) is 18.5. The quantitative estimate of drug-likeness (QED) is 0.269. The number of piperazine rings is 1. The summed E-state index contributed by atoms with van der Waals surface area (Å²) >= 11 is 8.01. The van der Waals surface area contributed by atoms with Crippen LogP contribution in [0.2, 0.25) is 5.02 Å². The summed E-state index contributed by atoms with van der Waals surface area (Å²) in [5.41, 5.74) is 5.44. The first-order chi connectivity index (χ1) is 24.6. The number of nitrogens with one attached hydrogen (secondary N) is 1. The maximum atomic E-state index is 15.9. The first kappa shape index (κ1) is 33.8. The minimum Gasteiger partial charge on any atom is -0.322 e. The van der Waals surface area contributed by atoms with Gasteiger partial charge in [0.15, 0.2) is 5.82 Å². The smallest absolute Gasteiger partial charge is 0.255 e. The average molecular weight is 729 g/mol. The third-order valence-electron chi connectivity index (χ3n) is 10.7. The molecule has 4 aromatic rings. The number of aromatic nitrogens is 3. The van der Waals surface area contributed by atoms with Crippen LogP contribution in [-0.2, 0) is 22.7 Å². The number of aliphatic imine (C=N–C) groups is 1. The van der Waals surface area contributed by atoms with Crippen molar-refractivity contribution >= 4 is 46.4 Å². The van der Waals surface area contributed by atoms with E-state index in [1.165, 1.54) is 15.3 Å². The lowest BCUT2D eigenvalue weighted by Gasteiger charge is -2.35. The van der Waals surface area contributed by atoms with E-state index in [4.69, 9.17) is 16.6 Å². The first-order valence-electron chi connectivity index (χ1n) is 17.3. The van der Waals surface area contributed by atoms with Crippen molar-refractivity contribution in [3.05, 3.63) is 97.1 Å². The zero-order chi connectivity index (χ0) is 35.6. The summed E-state index contributed by atoms with van der Waals surface area (Å²) in [6.45, 7) is 10.8. The molecule has 2 aromatic heterocycles. The van der Waals surface area contributed by atoms with Gasteiger partial charge in [-0.3, -0.25) is 34.2 Å². The molecule has 1 unspecified atom stereocenters. The topological polar surface area (TPSA) is 116 Å².